The number of amides is 2. The molecule has 140 valence electrons. The third kappa shape index (κ3) is 4.38. The number of thiazole rings is 1. The Morgan fingerprint density at radius 1 is 1.00 bits per heavy atom. The van der Waals surface area contributed by atoms with Gasteiger partial charge in [-0.15, -0.1) is 11.3 Å². The number of ether oxygens (including phenoxy) is 2. The summed E-state index contributed by atoms with van der Waals surface area (Å²) in [6, 6.07) is 11.0. The van der Waals surface area contributed by atoms with E-state index in [-0.39, 0.29) is 6.03 Å². The Hall–Kier alpha value is -3.06. The van der Waals surface area contributed by atoms with Crippen molar-refractivity contribution in [2.45, 2.75) is 13.8 Å². The van der Waals surface area contributed by atoms with Crippen LogP contribution in [-0.4, -0.2) is 25.2 Å². The molecule has 0 aliphatic carbocycles. The number of nitrogens with one attached hydrogen (secondary N) is 2. The van der Waals surface area contributed by atoms with Gasteiger partial charge in [0.2, 0.25) is 0 Å². The van der Waals surface area contributed by atoms with Gasteiger partial charge in [-0.2, -0.15) is 0 Å². The van der Waals surface area contributed by atoms with Gasteiger partial charge < -0.3 is 14.8 Å². The Balaban J connectivity index is 1.70. The van der Waals surface area contributed by atoms with E-state index in [2.05, 4.69) is 33.8 Å². The van der Waals surface area contributed by atoms with Gasteiger partial charge in [-0.1, -0.05) is 17.7 Å². The highest BCUT2D eigenvalue weighted by Gasteiger charge is 2.11. The Morgan fingerprint density at radius 2 is 1.78 bits per heavy atom. The van der Waals surface area contributed by atoms with Gasteiger partial charge in [-0.25, -0.2) is 9.78 Å². The number of urea groups is 1. The summed E-state index contributed by atoms with van der Waals surface area (Å²) >= 11 is 1.38. The highest BCUT2D eigenvalue weighted by molar-refractivity contribution is 7.14. The number of rotatable bonds is 5. The standard InChI is InChI=1S/C20H21N3O3S/c1-12-5-6-13(2)15(9-12)16-11-27-20(22-16)23-19(24)21-14-7-8-17(25-3)18(10-14)26-4/h5-11H,1-4H3,(H2,21,22,23,24). The van der Waals surface area contributed by atoms with Gasteiger partial charge in [0.15, 0.2) is 16.6 Å². The van der Waals surface area contributed by atoms with Crippen molar-refractivity contribution in [3.63, 3.8) is 0 Å². The summed E-state index contributed by atoms with van der Waals surface area (Å²) < 4.78 is 10.4. The molecule has 6 nitrogen and oxygen atoms in total. The molecule has 1 heterocycles. The maximum absolute atomic E-state index is 12.3. The molecule has 0 bridgehead atoms. The van der Waals surface area contributed by atoms with Crippen molar-refractivity contribution in [3.8, 4) is 22.8 Å². The van der Waals surface area contributed by atoms with Crippen LogP contribution in [0.4, 0.5) is 15.6 Å². The smallest absolute Gasteiger partial charge is 0.325 e. The van der Waals surface area contributed by atoms with E-state index < -0.39 is 0 Å². The van der Waals surface area contributed by atoms with E-state index in [4.69, 9.17) is 9.47 Å². The Morgan fingerprint density at radius 3 is 2.52 bits per heavy atom. The molecule has 0 saturated carbocycles. The van der Waals surface area contributed by atoms with Gasteiger partial charge in [-0.3, -0.25) is 5.32 Å². The van der Waals surface area contributed by atoms with Crippen molar-refractivity contribution >= 4 is 28.2 Å². The molecule has 0 radical (unpaired) electrons. The van der Waals surface area contributed by atoms with Crippen LogP contribution in [0.25, 0.3) is 11.3 Å². The summed E-state index contributed by atoms with van der Waals surface area (Å²) in [7, 11) is 3.11. The number of carbonyl (C=O) groups excluding carboxylic acids is 1. The second kappa shape index (κ2) is 8.09. The predicted molar refractivity (Wildman–Crippen MR) is 109 cm³/mol. The van der Waals surface area contributed by atoms with Crippen LogP contribution in [0.15, 0.2) is 41.8 Å². The summed E-state index contributed by atoms with van der Waals surface area (Å²) in [5.41, 5.74) is 4.83. The van der Waals surface area contributed by atoms with Crippen molar-refractivity contribution in [1.29, 1.82) is 0 Å². The van der Waals surface area contributed by atoms with Crippen molar-refractivity contribution in [2.75, 3.05) is 24.9 Å². The molecule has 0 aliphatic heterocycles. The maximum atomic E-state index is 12.3. The van der Waals surface area contributed by atoms with E-state index in [1.165, 1.54) is 16.9 Å². The highest BCUT2D eigenvalue weighted by atomic mass is 32.1. The zero-order valence-electron chi connectivity index (χ0n) is 15.6. The largest absolute Gasteiger partial charge is 0.493 e. The zero-order valence-corrected chi connectivity index (χ0v) is 16.4. The maximum Gasteiger partial charge on any atom is 0.325 e. The number of carbonyl (C=O) groups is 1. The second-order valence-electron chi connectivity index (χ2n) is 6.01. The third-order valence-electron chi connectivity index (χ3n) is 4.04. The lowest BCUT2D eigenvalue weighted by Gasteiger charge is -2.10. The quantitative estimate of drug-likeness (QED) is 0.644. The van der Waals surface area contributed by atoms with Crippen molar-refractivity contribution in [2.24, 2.45) is 0 Å². The highest BCUT2D eigenvalue weighted by Crippen LogP contribution is 2.30. The molecule has 0 fully saturated rings. The number of nitrogens with zero attached hydrogens (tertiary/aromatic N) is 1. The summed E-state index contributed by atoms with van der Waals surface area (Å²) in [5.74, 6) is 1.14. The van der Waals surface area contributed by atoms with Crippen LogP contribution in [0.3, 0.4) is 0 Å². The lowest BCUT2D eigenvalue weighted by atomic mass is 10.0. The molecular weight excluding hydrogens is 362 g/mol. The minimum atomic E-state index is -0.371. The van der Waals surface area contributed by atoms with Crippen LogP contribution >= 0.6 is 11.3 Å². The predicted octanol–water partition coefficient (Wildman–Crippen LogP) is 5.09. The molecule has 2 aromatic carbocycles. The first-order valence-corrected chi connectivity index (χ1v) is 9.21. The first-order chi connectivity index (χ1) is 13.0. The molecular formula is C20H21N3O3S. The van der Waals surface area contributed by atoms with E-state index in [9.17, 15) is 4.79 Å². The number of aryl methyl sites for hydroxylation is 2. The number of anilines is 2. The lowest BCUT2D eigenvalue weighted by Crippen LogP contribution is -2.19. The molecule has 1 aromatic heterocycles. The van der Waals surface area contributed by atoms with E-state index in [0.29, 0.717) is 22.3 Å². The normalized spacial score (nSPS) is 10.4. The SMILES string of the molecule is COc1ccc(NC(=O)Nc2nc(-c3cc(C)ccc3C)cs2)cc1OC. The van der Waals surface area contributed by atoms with E-state index >= 15 is 0 Å². The molecule has 3 aromatic rings. The van der Waals surface area contributed by atoms with Gasteiger partial charge in [0.1, 0.15) is 0 Å². The number of aromatic nitrogens is 1. The summed E-state index contributed by atoms with van der Waals surface area (Å²) in [5, 5.41) is 8.00. The summed E-state index contributed by atoms with van der Waals surface area (Å²) in [6.07, 6.45) is 0. The second-order valence-corrected chi connectivity index (χ2v) is 6.86. The van der Waals surface area contributed by atoms with Gasteiger partial charge in [0.05, 0.1) is 19.9 Å². The first kappa shape index (κ1) is 18.7. The number of methoxy groups -OCH3 is 2. The Bertz CT molecular complexity index is 969. The van der Waals surface area contributed by atoms with Crippen LogP contribution in [0, 0.1) is 13.8 Å². The summed E-state index contributed by atoms with van der Waals surface area (Å²) in [4.78, 5) is 16.8. The van der Waals surface area contributed by atoms with E-state index in [0.717, 1.165) is 16.8 Å². The van der Waals surface area contributed by atoms with Crippen LogP contribution in [-0.2, 0) is 0 Å². The Kier molecular flexibility index (Phi) is 5.61. The molecule has 27 heavy (non-hydrogen) atoms. The molecule has 0 unspecified atom stereocenters. The lowest BCUT2D eigenvalue weighted by molar-refractivity contribution is 0.262. The van der Waals surface area contributed by atoms with Crippen molar-refractivity contribution < 1.29 is 14.3 Å². The monoisotopic (exact) mass is 383 g/mol. The van der Waals surface area contributed by atoms with Crippen molar-refractivity contribution in [1.82, 2.24) is 4.98 Å². The zero-order chi connectivity index (χ0) is 19.4. The fourth-order valence-electron chi connectivity index (χ4n) is 2.64. The Labute approximate surface area is 162 Å². The fourth-order valence-corrected chi connectivity index (χ4v) is 3.35. The number of hydrogen-bond donors (Lipinski definition) is 2. The van der Waals surface area contributed by atoms with Crippen LogP contribution in [0.1, 0.15) is 11.1 Å². The fraction of sp³-hybridized carbons (Fsp3) is 0.200. The molecule has 0 aliphatic rings. The van der Waals surface area contributed by atoms with Crippen molar-refractivity contribution in [3.05, 3.63) is 52.9 Å². The minimum absolute atomic E-state index is 0.371. The average molecular weight is 383 g/mol. The van der Waals surface area contributed by atoms with Crippen LogP contribution < -0.4 is 20.1 Å². The summed E-state index contributed by atoms with van der Waals surface area (Å²) in [6.45, 7) is 4.09. The van der Waals surface area contributed by atoms with Crippen LogP contribution in [0.2, 0.25) is 0 Å². The van der Waals surface area contributed by atoms with Gasteiger partial charge >= 0.3 is 6.03 Å². The average Bonchev–Trinajstić information content (AvgIpc) is 3.11. The van der Waals surface area contributed by atoms with Crippen LogP contribution in [0.5, 0.6) is 11.5 Å². The number of hydrogen-bond acceptors (Lipinski definition) is 5. The van der Waals surface area contributed by atoms with Gasteiger partial charge in [0, 0.05) is 22.7 Å². The minimum Gasteiger partial charge on any atom is -0.493 e. The number of benzene rings is 2. The molecule has 0 saturated heterocycles. The topological polar surface area (TPSA) is 72.5 Å². The molecule has 7 heteroatoms. The molecule has 3 rings (SSSR count). The molecule has 2 N–H and O–H groups in total. The van der Waals surface area contributed by atoms with Gasteiger partial charge in [0.25, 0.3) is 0 Å². The molecule has 0 spiro atoms. The third-order valence-corrected chi connectivity index (χ3v) is 4.79. The van der Waals surface area contributed by atoms with Gasteiger partial charge in [-0.05, 0) is 37.6 Å². The first-order valence-electron chi connectivity index (χ1n) is 8.33. The molecule has 0 atom stereocenters. The van der Waals surface area contributed by atoms with E-state index in [1.807, 2.05) is 19.2 Å². The van der Waals surface area contributed by atoms with E-state index in [1.54, 1.807) is 32.4 Å². The molecule has 2 amide bonds.